The molecule has 0 bridgehead atoms. The van der Waals surface area contributed by atoms with Gasteiger partial charge in [0.1, 0.15) is 6.07 Å². The monoisotopic (exact) mass is 476 g/mol. The van der Waals surface area contributed by atoms with Gasteiger partial charge in [-0.15, -0.1) is 0 Å². The summed E-state index contributed by atoms with van der Waals surface area (Å²) in [6.07, 6.45) is 1.58. The van der Waals surface area contributed by atoms with E-state index in [4.69, 9.17) is 9.81 Å². The predicted molar refractivity (Wildman–Crippen MR) is 125 cm³/mol. The van der Waals surface area contributed by atoms with Gasteiger partial charge < -0.3 is 10.6 Å². The van der Waals surface area contributed by atoms with Crippen LogP contribution in [0.15, 0.2) is 42.6 Å². The molecule has 1 aliphatic rings. The zero-order valence-electron chi connectivity index (χ0n) is 18.3. The molecular weight excluding hydrogens is 456 g/mol. The van der Waals surface area contributed by atoms with Crippen molar-refractivity contribution in [3.05, 3.63) is 64.8 Å². The van der Waals surface area contributed by atoms with Gasteiger partial charge in [0.05, 0.1) is 35.2 Å². The number of nitriles is 2. The van der Waals surface area contributed by atoms with Crippen LogP contribution >= 0.6 is 0 Å². The number of hydrogen-bond acceptors (Lipinski definition) is 9. The lowest BCUT2D eigenvalue weighted by Crippen LogP contribution is -2.31. The van der Waals surface area contributed by atoms with Crippen LogP contribution in [-0.4, -0.2) is 36.1 Å². The normalized spacial score (nSPS) is 16.7. The van der Waals surface area contributed by atoms with Crippen molar-refractivity contribution < 1.29 is 17.2 Å². The Hall–Kier alpha value is -4.03. The number of fused-ring (bicyclic) bond motifs is 1. The van der Waals surface area contributed by atoms with Crippen LogP contribution in [0.5, 0.6) is 0 Å². The molecule has 4 rings (SSSR count). The molecule has 1 aliphatic heterocycles. The Balaban J connectivity index is 1.72. The molecule has 0 radical (unpaired) electrons. The first kappa shape index (κ1) is 23.1. The Morgan fingerprint density at radius 2 is 2.03 bits per heavy atom. The molecule has 3 aromatic rings. The summed E-state index contributed by atoms with van der Waals surface area (Å²) in [4.78, 5) is 8.83. The van der Waals surface area contributed by atoms with Crippen molar-refractivity contribution in [2.24, 2.45) is 0 Å². The van der Waals surface area contributed by atoms with Crippen molar-refractivity contribution in [2.45, 2.75) is 19.3 Å². The van der Waals surface area contributed by atoms with Crippen LogP contribution in [0.4, 0.5) is 17.3 Å². The van der Waals surface area contributed by atoms with Gasteiger partial charge in [0.15, 0.2) is 0 Å². The fourth-order valence-corrected chi connectivity index (χ4v) is 4.19. The lowest BCUT2D eigenvalue weighted by molar-refractivity contribution is 0.216. The highest BCUT2D eigenvalue weighted by Gasteiger charge is 2.38. The summed E-state index contributed by atoms with van der Waals surface area (Å²) >= 11 is 0. The molecule has 0 spiro atoms. The Kier molecular flexibility index (Phi) is 5.94. The molecule has 0 saturated heterocycles. The Bertz CT molecular complexity index is 1480. The van der Waals surface area contributed by atoms with E-state index in [0.717, 1.165) is 5.56 Å². The maximum atomic E-state index is 11.1. The van der Waals surface area contributed by atoms with E-state index in [-0.39, 0.29) is 6.61 Å². The second-order valence-corrected chi connectivity index (χ2v) is 9.29. The molecule has 2 heterocycles. The first-order valence-electron chi connectivity index (χ1n) is 10.2. The number of nitrogens with zero attached hydrogens (tertiary/aromatic N) is 4. The molecule has 1 atom stereocenters. The molecule has 0 saturated carbocycles. The zero-order valence-corrected chi connectivity index (χ0v) is 19.1. The summed E-state index contributed by atoms with van der Waals surface area (Å²) in [7, 11) is -4.62. The Morgan fingerprint density at radius 1 is 1.24 bits per heavy atom. The van der Waals surface area contributed by atoms with Gasteiger partial charge in [-0.2, -0.15) is 18.9 Å². The van der Waals surface area contributed by atoms with Crippen molar-refractivity contribution in [2.75, 3.05) is 23.8 Å². The third kappa shape index (κ3) is 4.67. The van der Waals surface area contributed by atoms with Crippen LogP contribution in [0.2, 0.25) is 0 Å². The maximum absolute atomic E-state index is 11.1. The van der Waals surface area contributed by atoms with E-state index >= 15 is 0 Å². The molecule has 0 amide bonds. The average molecular weight is 477 g/mol. The average Bonchev–Trinajstić information content (AvgIpc) is 3.15. The number of hydrogen-bond donors (Lipinski definition) is 3. The smallest absolute Gasteiger partial charge is 0.383 e. The molecule has 1 aromatic heterocycles. The van der Waals surface area contributed by atoms with Crippen molar-refractivity contribution in [1.29, 1.82) is 10.5 Å². The van der Waals surface area contributed by atoms with Crippen LogP contribution in [0.1, 0.15) is 29.2 Å². The number of benzene rings is 2. The fourth-order valence-electron chi connectivity index (χ4n) is 3.78. The number of aryl methyl sites for hydroxylation is 1. The molecule has 0 aliphatic carbocycles. The molecule has 0 unspecified atom stereocenters. The largest absolute Gasteiger partial charge is 0.397 e. The molecule has 0 fully saturated rings. The number of anilines is 3. The maximum Gasteiger partial charge on any atom is 0.397 e. The van der Waals surface area contributed by atoms with E-state index in [1.54, 1.807) is 37.4 Å². The van der Waals surface area contributed by atoms with E-state index in [2.05, 4.69) is 36.9 Å². The first-order valence-corrected chi connectivity index (χ1v) is 11.5. The topological polar surface area (TPSA) is 161 Å². The standard InChI is InChI=1S/C23H20N6O4S/c1-14-3-4-15(10-24)7-20(14)29-22-26-6-5-19(28-22)16-8-17(11-25)21-18(9-16)23(2,12-27-21)13-33-34(30,31)32/h3-9,27H,12-13H2,1-2H3,(H,26,28,29)(H,30,31,32)/t23-/m1/s1. The quantitative estimate of drug-likeness (QED) is 0.449. The van der Waals surface area contributed by atoms with Crippen molar-refractivity contribution >= 4 is 27.7 Å². The van der Waals surface area contributed by atoms with Crippen LogP contribution in [0, 0.1) is 29.6 Å². The van der Waals surface area contributed by atoms with Crippen LogP contribution < -0.4 is 10.6 Å². The second-order valence-electron chi connectivity index (χ2n) is 8.19. The minimum Gasteiger partial charge on any atom is -0.383 e. The SMILES string of the molecule is Cc1ccc(C#N)cc1Nc1nccc(-c2cc(C#N)c3c(c2)[C@@](C)(COS(=O)(=O)O)CN3)n1. The lowest BCUT2D eigenvalue weighted by atomic mass is 9.83. The minimum atomic E-state index is -4.62. The highest BCUT2D eigenvalue weighted by atomic mass is 32.3. The second kappa shape index (κ2) is 8.72. The van der Waals surface area contributed by atoms with Crippen molar-refractivity contribution in [3.63, 3.8) is 0 Å². The lowest BCUT2D eigenvalue weighted by Gasteiger charge is -2.23. The zero-order chi connectivity index (χ0) is 24.5. The Labute approximate surface area is 196 Å². The number of nitrogens with one attached hydrogen (secondary N) is 2. The van der Waals surface area contributed by atoms with Crippen LogP contribution in [0.25, 0.3) is 11.3 Å². The van der Waals surface area contributed by atoms with Gasteiger partial charge in [0.25, 0.3) is 0 Å². The molecule has 11 heteroatoms. The molecule has 34 heavy (non-hydrogen) atoms. The van der Waals surface area contributed by atoms with Crippen molar-refractivity contribution in [1.82, 2.24) is 9.97 Å². The number of rotatable bonds is 6. The van der Waals surface area contributed by atoms with E-state index in [9.17, 15) is 13.7 Å². The summed E-state index contributed by atoms with van der Waals surface area (Å²) in [5.41, 5.74) is 4.10. The van der Waals surface area contributed by atoms with E-state index < -0.39 is 15.8 Å². The third-order valence-corrected chi connectivity index (χ3v) is 6.07. The number of aromatic nitrogens is 2. The van der Waals surface area contributed by atoms with Gasteiger partial charge in [-0.25, -0.2) is 14.2 Å². The van der Waals surface area contributed by atoms with Gasteiger partial charge in [-0.05, 0) is 48.4 Å². The van der Waals surface area contributed by atoms with Gasteiger partial charge in [-0.1, -0.05) is 13.0 Å². The van der Waals surface area contributed by atoms with Crippen LogP contribution in [-0.2, 0) is 20.0 Å². The fraction of sp³-hybridized carbons (Fsp3) is 0.217. The van der Waals surface area contributed by atoms with Gasteiger partial charge in [-0.3, -0.25) is 4.55 Å². The van der Waals surface area contributed by atoms with Crippen LogP contribution in [0.3, 0.4) is 0 Å². The summed E-state index contributed by atoms with van der Waals surface area (Å²) in [6, 6.07) is 14.7. The third-order valence-electron chi connectivity index (χ3n) is 5.66. The molecule has 3 N–H and O–H groups in total. The van der Waals surface area contributed by atoms with E-state index in [1.807, 2.05) is 19.1 Å². The molecule has 10 nitrogen and oxygen atoms in total. The molecular formula is C23H20N6O4S. The minimum absolute atomic E-state index is 0.300. The Morgan fingerprint density at radius 3 is 2.74 bits per heavy atom. The van der Waals surface area contributed by atoms with Crippen molar-refractivity contribution in [3.8, 4) is 23.4 Å². The molecule has 2 aromatic carbocycles. The summed E-state index contributed by atoms with van der Waals surface area (Å²) in [6.45, 7) is 3.70. The van der Waals surface area contributed by atoms with E-state index in [1.165, 1.54) is 0 Å². The highest BCUT2D eigenvalue weighted by molar-refractivity contribution is 7.80. The summed E-state index contributed by atoms with van der Waals surface area (Å²) in [5.74, 6) is 0.310. The summed E-state index contributed by atoms with van der Waals surface area (Å²) in [5, 5.41) is 25.1. The molecule has 172 valence electrons. The van der Waals surface area contributed by atoms with E-state index in [0.29, 0.717) is 51.8 Å². The van der Waals surface area contributed by atoms with Gasteiger partial charge >= 0.3 is 10.4 Å². The highest BCUT2D eigenvalue weighted by Crippen LogP contribution is 2.41. The predicted octanol–water partition coefficient (Wildman–Crippen LogP) is 3.44. The van der Waals surface area contributed by atoms with Gasteiger partial charge in [0, 0.05) is 29.4 Å². The summed E-state index contributed by atoms with van der Waals surface area (Å²) < 4.78 is 35.9. The first-order chi connectivity index (χ1) is 16.1. The van der Waals surface area contributed by atoms with Gasteiger partial charge in [0.2, 0.25) is 5.95 Å².